The normalized spacial score (nSPS) is 13.3. The zero-order valence-corrected chi connectivity index (χ0v) is 10.7. The molecule has 4 nitrogen and oxygen atoms in total. The monoisotopic (exact) mass is 224 g/mol. The highest BCUT2D eigenvalue weighted by Crippen LogP contribution is 2.11. The second-order valence-corrected chi connectivity index (χ2v) is 5.01. The Morgan fingerprint density at radius 3 is 2.69 bits per heavy atom. The van der Waals surface area contributed by atoms with E-state index < -0.39 is 0 Å². The van der Waals surface area contributed by atoms with Gasteiger partial charge in [0.1, 0.15) is 12.2 Å². The van der Waals surface area contributed by atoms with Gasteiger partial charge in [0.25, 0.3) is 0 Å². The number of hydrogen-bond acceptors (Lipinski definition) is 3. The van der Waals surface area contributed by atoms with E-state index in [0.29, 0.717) is 11.8 Å². The zero-order valence-electron chi connectivity index (χ0n) is 10.7. The molecule has 0 aliphatic carbocycles. The maximum Gasteiger partial charge on any atom is 0.132 e. The first-order valence-electron chi connectivity index (χ1n) is 6.20. The minimum Gasteiger partial charge on any atom is -0.330 e. The van der Waals surface area contributed by atoms with E-state index in [1.807, 2.05) is 6.33 Å². The SMILES string of the molecule is CC(C)Cn1cnnc1CCC(C)CCN. The smallest absolute Gasteiger partial charge is 0.132 e. The predicted octanol–water partition coefficient (Wildman–Crippen LogP) is 1.85. The first-order valence-corrected chi connectivity index (χ1v) is 6.20. The number of nitrogens with zero attached hydrogens (tertiary/aromatic N) is 3. The quantitative estimate of drug-likeness (QED) is 0.769. The molecule has 0 aliphatic rings. The van der Waals surface area contributed by atoms with Crippen molar-refractivity contribution in [3.05, 3.63) is 12.2 Å². The van der Waals surface area contributed by atoms with Crippen LogP contribution >= 0.6 is 0 Å². The molecule has 0 spiro atoms. The van der Waals surface area contributed by atoms with Crippen LogP contribution in [0.15, 0.2) is 6.33 Å². The van der Waals surface area contributed by atoms with Gasteiger partial charge < -0.3 is 10.3 Å². The minimum absolute atomic E-state index is 0.635. The fraction of sp³-hybridized carbons (Fsp3) is 0.833. The average molecular weight is 224 g/mol. The molecule has 0 bridgehead atoms. The Balaban J connectivity index is 2.44. The van der Waals surface area contributed by atoms with E-state index in [0.717, 1.165) is 38.2 Å². The number of nitrogens with two attached hydrogens (primary N) is 1. The Labute approximate surface area is 98.2 Å². The molecule has 1 rings (SSSR count). The van der Waals surface area contributed by atoms with Crippen LogP contribution in [0.4, 0.5) is 0 Å². The Morgan fingerprint density at radius 2 is 2.06 bits per heavy atom. The summed E-state index contributed by atoms with van der Waals surface area (Å²) in [5.41, 5.74) is 5.54. The maximum atomic E-state index is 5.54. The van der Waals surface area contributed by atoms with Crippen molar-refractivity contribution in [3.8, 4) is 0 Å². The Morgan fingerprint density at radius 1 is 1.31 bits per heavy atom. The molecule has 0 aliphatic heterocycles. The molecule has 1 atom stereocenters. The van der Waals surface area contributed by atoms with Crippen LogP contribution in [-0.2, 0) is 13.0 Å². The molecule has 0 radical (unpaired) electrons. The van der Waals surface area contributed by atoms with Crippen LogP contribution in [0.5, 0.6) is 0 Å². The van der Waals surface area contributed by atoms with Crippen LogP contribution in [0.3, 0.4) is 0 Å². The summed E-state index contributed by atoms with van der Waals surface area (Å²) in [6.45, 7) is 8.45. The summed E-state index contributed by atoms with van der Waals surface area (Å²) in [5.74, 6) is 2.42. The first kappa shape index (κ1) is 13.2. The lowest BCUT2D eigenvalue weighted by atomic mass is 10.0. The second kappa shape index (κ2) is 6.63. The average Bonchev–Trinajstić information content (AvgIpc) is 2.62. The number of aromatic nitrogens is 3. The maximum absolute atomic E-state index is 5.54. The van der Waals surface area contributed by atoms with Gasteiger partial charge in [-0.1, -0.05) is 20.8 Å². The van der Waals surface area contributed by atoms with Gasteiger partial charge in [-0.3, -0.25) is 0 Å². The predicted molar refractivity (Wildman–Crippen MR) is 66.0 cm³/mol. The van der Waals surface area contributed by atoms with Crippen molar-refractivity contribution in [3.63, 3.8) is 0 Å². The summed E-state index contributed by atoms with van der Waals surface area (Å²) < 4.78 is 2.17. The van der Waals surface area contributed by atoms with Crippen LogP contribution in [0, 0.1) is 11.8 Å². The molecule has 92 valence electrons. The third-order valence-electron chi connectivity index (χ3n) is 2.78. The highest BCUT2D eigenvalue weighted by molar-refractivity contribution is 4.86. The van der Waals surface area contributed by atoms with E-state index in [4.69, 9.17) is 5.73 Å². The molecule has 1 aromatic rings. The summed E-state index contributed by atoms with van der Waals surface area (Å²) in [7, 11) is 0. The largest absolute Gasteiger partial charge is 0.330 e. The van der Waals surface area contributed by atoms with E-state index in [2.05, 4.69) is 35.5 Å². The molecule has 2 N–H and O–H groups in total. The molecule has 0 fully saturated rings. The standard InChI is InChI=1S/C12H24N4/c1-10(2)8-16-9-14-15-12(16)5-4-11(3)6-7-13/h9-11H,4-8,13H2,1-3H3. The molecular weight excluding hydrogens is 200 g/mol. The van der Waals surface area contributed by atoms with E-state index in [9.17, 15) is 0 Å². The van der Waals surface area contributed by atoms with Crippen molar-refractivity contribution >= 4 is 0 Å². The molecular formula is C12H24N4. The summed E-state index contributed by atoms with van der Waals surface area (Å²) in [5, 5.41) is 8.17. The summed E-state index contributed by atoms with van der Waals surface area (Å²) in [6, 6.07) is 0. The van der Waals surface area contributed by atoms with Crippen molar-refractivity contribution in [2.45, 2.75) is 46.6 Å². The third-order valence-corrected chi connectivity index (χ3v) is 2.78. The van der Waals surface area contributed by atoms with Crippen LogP contribution in [-0.4, -0.2) is 21.3 Å². The van der Waals surface area contributed by atoms with E-state index >= 15 is 0 Å². The molecule has 1 unspecified atom stereocenters. The number of aryl methyl sites for hydroxylation is 1. The Kier molecular flexibility index (Phi) is 5.46. The van der Waals surface area contributed by atoms with Crippen LogP contribution in [0.2, 0.25) is 0 Å². The zero-order chi connectivity index (χ0) is 12.0. The molecule has 1 aromatic heterocycles. The number of rotatable bonds is 7. The topological polar surface area (TPSA) is 56.7 Å². The second-order valence-electron chi connectivity index (χ2n) is 5.01. The molecule has 0 aromatic carbocycles. The molecule has 0 saturated carbocycles. The lowest BCUT2D eigenvalue weighted by molar-refractivity contribution is 0.466. The lowest BCUT2D eigenvalue weighted by Gasteiger charge is -2.11. The highest BCUT2D eigenvalue weighted by Gasteiger charge is 2.08. The molecule has 1 heterocycles. The van der Waals surface area contributed by atoms with Gasteiger partial charge in [-0.2, -0.15) is 0 Å². The van der Waals surface area contributed by atoms with Gasteiger partial charge in [-0.15, -0.1) is 10.2 Å². The van der Waals surface area contributed by atoms with Crippen LogP contribution < -0.4 is 5.73 Å². The van der Waals surface area contributed by atoms with E-state index in [1.165, 1.54) is 0 Å². The van der Waals surface area contributed by atoms with Crippen molar-refractivity contribution in [1.82, 2.24) is 14.8 Å². The molecule has 0 saturated heterocycles. The van der Waals surface area contributed by atoms with Crippen molar-refractivity contribution in [2.24, 2.45) is 17.6 Å². The molecule has 0 amide bonds. The van der Waals surface area contributed by atoms with Crippen molar-refractivity contribution in [1.29, 1.82) is 0 Å². The van der Waals surface area contributed by atoms with Gasteiger partial charge in [0.15, 0.2) is 0 Å². The minimum atomic E-state index is 0.635. The summed E-state index contributed by atoms with van der Waals surface area (Å²) in [6.07, 6.45) is 5.09. The Hall–Kier alpha value is -0.900. The van der Waals surface area contributed by atoms with Gasteiger partial charge in [0.05, 0.1) is 0 Å². The Bertz CT molecular complexity index is 293. The fourth-order valence-electron chi connectivity index (χ4n) is 1.82. The van der Waals surface area contributed by atoms with E-state index in [1.54, 1.807) is 0 Å². The van der Waals surface area contributed by atoms with Gasteiger partial charge in [-0.25, -0.2) is 0 Å². The van der Waals surface area contributed by atoms with Gasteiger partial charge in [0, 0.05) is 13.0 Å². The van der Waals surface area contributed by atoms with Crippen LogP contribution in [0.25, 0.3) is 0 Å². The van der Waals surface area contributed by atoms with Gasteiger partial charge in [0.2, 0.25) is 0 Å². The first-order chi connectivity index (χ1) is 7.63. The summed E-state index contributed by atoms with van der Waals surface area (Å²) >= 11 is 0. The lowest BCUT2D eigenvalue weighted by Crippen LogP contribution is -2.11. The van der Waals surface area contributed by atoms with Crippen LogP contribution in [0.1, 0.15) is 39.4 Å². The summed E-state index contributed by atoms with van der Waals surface area (Å²) in [4.78, 5) is 0. The highest BCUT2D eigenvalue weighted by atomic mass is 15.3. The molecule has 4 heteroatoms. The fourth-order valence-corrected chi connectivity index (χ4v) is 1.82. The van der Waals surface area contributed by atoms with Gasteiger partial charge in [-0.05, 0) is 31.2 Å². The van der Waals surface area contributed by atoms with Crippen molar-refractivity contribution < 1.29 is 0 Å². The molecule has 16 heavy (non-hydrogen) atoms. The third kappa shape index (κ3) is 4.31. The van der Waals surface area contributed by atoms with Gasteiger partial charge >= 0.3 is 0 Å². The van der Waals surface area contributed by atoms with E-state index in [-0.39, 0.29) is 0 Å². The van der Waals surface area contributed by atoms with Crippen molar-refractivity contribution in [2.75, 3.05) is 6.54 Å². The number of hydrogen-bond donors (Lipinski definition) is 1.